The molecule has 104 valence electrons. The van der Waals surface area contributed by atoms with Gasteiger partial charge < -0.3 is 4.98 Å². The maximum atomic E-state index is 12.5. The second-order valence-corrected chi connectivity index (χ2v) is 4.55. The highest BCUT2D eigenvalue weighted by Crippen LogP contribution is 2.06. The number of aromatic nitrogens is 4. The minimum atomic E-state index is -0.457. The zero-order chi connectivity index (χ0) is 14.8. The Hall–Kier alpha value is -3.07. The summed E-state index contributed by atoms with van der Waals surface area (Å²) >= 11 is 0. The summed E-state index contributed by atoms with van der Waals surface area (Å²) in [6, 6.07) is 9.48. The van der Waals surface area contributed by atoms with E-state index in [0.717, 1.165) is 10.1 Å². The molecule has 6 nitrogen and oxygen atoms in total. The first-order chi connectivity index (χ1) is 10.2. The molecule has 3 rings (SSSR count). The van der Waals surface area contributed by atoms with Crippen LogP contribution in [0.25, 0.3) is 11.2 Å². The average molecular weight is 280 g/mol. The highest BCUT2D eigenvalue weighted by Gasteiger charge is 2.14. The number of imidazole rings is 1. The maximum absolute atomic E-state index is 12.5. The molecule has 21 heavy (non-hydrogen) atoms. The van der Waals surface area contributed by atoms with Crippen LogP contribution in [-0.2, 0) is 13.1 Å². The van der Waals surface area contributed by atoms with E-state index in [1.807, 2.05) is 30.3 Å². The Morgan fingerprint density at radius 1 is 1.19 bits per heavy atom. The fraction of sp³-hybridized carbons (Fsp3) is 0.133. The molecular weight excluding hydrogens is 268 g/mol. The minimum Gasteiger partial charge on any atom is -0.339 e. The number of terminal acetylenes is 1. The fourth-order valence-electron chi connectivity index (χ4n) is 2.25. The number of rotatable bonds is 3. The summed E-state index contributed by atoms with van der Waals surface area (Å²) in [5.74, 6) is 2.33. The molecule has 0 atom stereocenters. The molecule has 0 saturated heterocycles. The molecule has 0 spiro atoms. The van der Waals surface area contributed by atoms with Crippen LogP contribution < -0.4 is 11.2 Å². The molecule has 3 aromatic rings. The fourth-order valence-corrected chi connectivity index (χ4v) is 2.25. The van der Waals surface area contributed by atoms with Crippen LogP contribution in [0.3, 0.4) is 0 Å². The number of nitrogens with zero attached hydrogens (tertiary/aromatic N) is 3. The number of nitrogens with one attached hydrogen (secondary N) is 1. The van der Waals surface area contributed by atoms with Crippen LogP contribution in [0.5, 0.6) is 0 Å². The first-order valence-electron chi connectivity index (χ1n) is 6.36. The summed E-state index contributed by atoms with van der Waals surface area (Å²) in [6.45, 7) is 0.257. The van der Waals surface area contributed by atoms with Crippen LogP contribution in [0.4, 0.5) is 0 Å². The Balaban J connectivity index is 2.27. The molecule has 0 fully saturated rings. The van der Waals surface area contributed by atoms with Crippen molar-refractivity contribution in [2.24, 2.45) is 0 Å². The van der Waals surface area contributed by atoms with Gasteiger partial charge in [0, 0.05) is 0 Å². The Labute approximate surface area is 119 Å². The van der Waals surface area contributed by atoms with Gasteiger partial charge in [-0.3, -0.25) is 9.36 Å². The van der Waals surface area contributed by atoms with Gasteiger partial charge in [0.25, 0.3) is 5.56 Å². The van der Waals surface area contributed by atoms with Crippen LogP contribution in [-0.4, -0.2) is 19.1 Å². The molecule has 0 amide bonds. The van der Waals surface area contributed by atoms with Gasteiger partial charge in [0.1, 0.15) is 5.52 Å². The van der Waals surface area contributed by atoms with Crippen molar-refractivity contribution in [2.75, 3.05) is 0 Å². The molecule has 0 bridgehead atoms. The molecule has 2 aromatic heterocycles. The van der Waals surface area contributed by atoms with Crippen molar-refractivity contribution in [3.8, 4) is 12.3 Å². The van der Waals surface area contributed by atoms with E-state index in [1.54, 1.807) is 0 Å². The van der Waals surface area contributed by atoms with Gasteiger partial charge in [-0.05, 0) is 5.56 Å². The summed E-state index contributed by atoms with van der Waals surface area (Å²) in [4.78, 5) is 31.5. The van der Waals surface area contributed by atoms with Crippen LogP contribution in [0.15, 0.2) is 46.2 Å². The molecule has 6 heteroatoms. The summed E-state index contributed by atoms with van der Waals surface area (Å²) < 4.78 is 2.48. The number of fused-ring (bicyclic) bond motifs is 1. The van der Waals surface area contributed by atoms with Gasteiger partial charge in [-0.2, -0.15) is 0 Å². The van der Waals surface area contributed by atoms with E-state index in [1.165, 1.54) is 10.9 Å². The number of hydrogen-bond acceptors (Lipinski definition) is 3. The third kappa shape index (κ3) is 2.15. The number of H-pyrrole nitrogens is 1. The first-order valence-corrected chi connectivity index (χ1v) is 6.36. The first kappa shape index (κ1) is 12.9. The smallest absolute Gasteiger partial charge is 0.333 e. The van der Waals surface area contributed by atoms with E-state index < -0.39 is 11.2 Å². The normalized spacial score (nSPS) is 10.6. The van der Waals surface area contributed by atoms with E-state index in [4.69, 9.17) is 6.42 Å². The molecular formula is C15H12N4O2. The Morgan fingerprint density at radius 3 is 2.67 bits per heavy atom. The molecule has 0 unspecified atom stereocenters. The van der Waals surface area contributed by atoms with Crippen LogP contribution in [0.2, 0.25) is 0 Å². The summed E-state index contributed by atoms with van der Waals surface area (Å²) in [7, 11) is 0. The van der Waals surface area contributed by atoms with Gasteiger partial charge in [-0.1, -0.05) is 36.3 Å². The summed E-state index contributed by atoms with van der Waals surface area (Å²) in [5, 5.41) is 0. The lowest BCUT2D eigenvalue weighted by molar-refractivity contribution is 0.646. The Morgan fingerprint density at radius 2 is 1.95 bits per heavy atom. The van der Waals surface area contributed by atoms with Crippen molar-refractivity contribution >= 4 is 11.2 Å². The van der Waals surface area contributed by atoms with Crippen LogP contribution in [0.1, 0.15) is 5.56 Å². The molecule has 1 N–H and O–H groups in total. The lowest BCUT2D eigenvalue weighted by atomic mass is 10.2. The Kier molecular flexibility index (Phi) is 3.16. The maximum Gasteiger partial charge on any atom is 0.333 e. The van der Waals surface area contributed by atoms with E-state index in [0.29, 0.717) is 12.2 Å². The topological polar surface area (TPSA) is 72.7 Å². The SMILES string of the molecule is C#CCn1c(=O)c2[nH]cnc2n(Cc2ccccc2)c1=O. The van der Waals surface area contributed by atoms with Gasteiger partial charge in [-0.25, -0.2) is 14.3 Å². The quantitative estimate of drug-likeness (QED) is 0.713. The summed E-state index contributed by atoms with van der Waals surface area (Å²) in [6.07, 6.45) is 6.63. The highest BCUT2D eigenvalue weighted by atomic mass is 16.2. The van der Waals surface area contributed by atoms with Crippen molar-refractivity contribution in [3.63, 3.8) is 0 Å². The van der Waals surface area contributed by atoms with E-state index in [-0.39, 0.29) is 12.1 Å². The van der Waals surface area contributed by atoms with Gasteiger partial charge in [0.05, 0.1) is 19.4 Å². The predicted octanol–water partition coefficient (Wildman–Crippen LogP) is 0.568. The van der Waals surface area contributed by atoms with Crippen molar-refractivity contribution in [1.29, 1.82) is 0 Å². The monoisotopic (exact) mass is 280 g/mol. The number of hydrogen-bond donors (Lipinski definition) is 1. The predicted molar refractivity (Wildman–Crippen MR) is 79.0 cm³/mol. The van der Waals surface area contributed by atoms with Crippen molar-refractivity contribution in [3.05, 3.63) is 63.1 Å². The third-order valence-electron chi connectivity index (χ3n) is 3.23. The van der Waals surface area contributed by atoms with E-state index in [9.17, 15) is 9.59 Å². The zero-order valence-corrected chi connectivity index (χ0v) is 11.1. The molecule has 1 aromatic carbocycles. The van der Waals surface area contributed by atoms with E-state index >= 15 is 0 Å². The molecule has 0 saturated carbocycles. The zero-order valence-electron chi connectivity index (χ0n) is 11.1. The van der Waals surface area contributed by atoms with Crippen LogP contribution in [0, 0.1) is 12.3 Å². The average Bonchev–Trinajstić information content (AvgIpc) is 2.99. The lowest BCUT2D eigenvalue weighted by Crippen LogP contribution is -2.40. The van der Waals surface area contributed by atoms with Crippen molar-refractivity contribution in [2.45, 2.75) is 13.1 Å². The van der Waals surface area contributed by atoms with Gasteiger partial charge in [0.15, 0.2) is 5.65 Å². The third-order valence-corrected chi connectivity index (χ3v) is 3.23. The number of aromatic amines is 1. The van der Waals surface area contributed by atoms with E-state index in [2.05, 4.69) is 15.9 Å². The van der Waals surface area contributed by atoms with Gasteiger partial charge >= 0.3 is 5.69 Å². The summed E-state index contributed by atoms with van der Waals surface area (Å²) in [5.41, 5.74) is 0.647. The van der Waals surface area contributed by atoms with Crippen molar-refractivity contribution < 1.29 is 0 Å². The highest BCUT2D eigenvalue weighted by molar-refractivity contribution is 5.69. The Bertz CT molecular complexity index is 942. The molecule has 0 aliphatic heterocycles. The van der Waals surface area contributed by atoms with Gasteiger partial charge in [-0.15, -0.1) is 6.42 Å². The molecule has 0 radical (unpaired) electrons. The minimum absolute atomic E-state index is 0.0680. The van der Waals surface area contributed by atoms with Crippen LogP contribution >= 0.6 is 0 Å². The van der Waals surface area contributed by atoms with Gasteiger partial charge in [0.2, 0.25) is 0 Å². The molecule has 2 heterocycles. The molecule has 0 aliphatic carbocycles. The van der Waals surface area contributed by atoms with Crippen molar-refractivity contribution in [1.82, 2.24) is 19.1 Å². The lowest BCUT2D eigenvalue weighted by Gasteiger charge is -2.09. The number of benzene rings is 1. The second kappa shape index (κ2) is 5.13. The standard InChI is InChI=1S/C15H12N4O2/c1-2-8-18-14(20)12-13(17-10-16-12)19(15(18)21)9-11-6-4-3-5-7-11/h1,3-7,10H,8-9H2,(H,16,17). The molecule has 0 aliphatic rings. The largest absolute Gasteiger partial charge is 0.339 e. The second-order valence-electron chi connectivity index (χ2n) is 4.55.